The molecule has 3 aromatic rings. The van der Waals surface area contributed by atoms with E-state index in [4.69, 9.17) is 11.6 Å². The number of aryl methyl sites for hydroxylation is 1. The van der Waals surface area contributed by atoms with E-state index in [0.29, 0.717) is 16.6 Å². The van der Waals surface area contributed by atoms with Crippen LogP contribution < -0.4 is 0 Å². The molecule has 4 heteroatoms. The van der Waals surface area contributed by atoms with Crippen molar-refractivity contribution < 1.29 is 4.79 Å². The standard InChI is InChI=1S/C21H21ClN2O/c1-24(2)16-8-10-20-18(12-16)17-11-14(5-9-19(17)23-20)21(25)13-3-6-15(22)7-4-13/h3-7,9,11,16,23H,8,10,12H2,1-2H3. The molecule has 3 nitrogen and oxygen atoms in total. The molecule has 1 aromatic heterocycles. The van der Waals surface area contributed by atoms with Gasteiger partial charge in [0.05, 0.1) is 0 Å². The number of rotatable bonds is 3. The van der Waals surface area contributed by atoms with Crippen LogP contribution in [0, 0.1) is 0 Å². The van der Waals surface area contributed by atoms with Crippen LogP contribution >= 0.6 is 11.6 Å². The fourth-order valence-electron chi connectivity index (χ4n) is 3.75. The molecule has 128 valence electrons. The molecule has 25 heavy (non-hydrogen) atoms. The number of nitrogens with one attached hydrogen (secondary N) is 1. The summed E-state index contributed by atoms with van der Waals surface area (Å²) >= 11 is 5.92. The largest absolute Gasteiger partial charge is 0.358 e. The van der Waals surface area contributed by atoms with Crippen molar-refractivity contribution in [1.29, 1.82) is 0 Å². The number of carbonyl (C=O) groups is 1. The molecule has 0 saturated heterocycles. The van der Waals surface area contributed by atoms with E-state index in [9.17, 15) is 4.79 Å². The number of benzene rings is 2. The Hall–Kier alpha value is -2.10. The lowest BCUT2D eigenvalue weighted by Gasteiger charge is -2.28. The normalized spacial score (nSPS) is 17.0. The van der Waals surface area contributed by atoms with Gasteiger partial charge in [0, 0.05) is 38.8 Å². The Bertz CT molecular complexity index is 940. The zero-order valence-corrected chi connectivity index (χ0v) is 15.2. The Labute approximate surface area is 152 Å². The average molecular weight is 353 g/mol. The number of fused-ring (bicyclic) bond motifs is 3. The summed E-state index contributed by atoms with van der Waals surface area (Å²) in [5, 5.41) is 1.82. The van der Waals surface area contributed by atoms with Gasteiger partial charge < -0.3 is 9.88 Å². The Morgan fingerprint density at radius 1 is 1.12 bits per heavy atom. The minimum atomic E-state index is 0.0356. The fraction of sp³-hybridized carbons (Fsp3) is 0.286. The third-order valence-electron chi connectivity index (χ3n) is 5.26. The Kier molecular flexibility index (Phi) is 4.14. The summed E-state index contributed by atoms with van der Waals surface area (Å²) in [6.07, 6.45) is 3.26. The summed E-state index contributed by atoms with van der Waals surface area (Å²) < 4.78 is 0. The number of hydrogen-bond donors (Lipinski definition) is 1. The van der Waals surface area contributed by atoms with Crippen LogP contribution in [0.5, 0.6) is 0 Å². The molecule has 1 aliphatic carbocycles. The van der Waals surface area contributed by atoms with Crippen LogP contribution in [0.4, 0.5) is 0 Å². The lowest BCUT2D eigenvalue weighted by atomic mass is 9.90. The van der Waals surface area contributed by atoms with E-state index < -0.39 is 0 Å². The van der Waals surface area contributed by atoms with Gasteiger partial charge in [-0.05, 0) is 81.4 Å². The number of hydrogen-bond acceptors (Lipinski definition) is 2. The van der Waals surface area contributed by atoms with Gasteiger partial charge in [-0.1, -0.05) is 11.6 Å². The SMILES string of the molecule is CN(C)C1CCc2[nH]c3ccc(C(=O)c4ccc(Cl)cc4)cc3c2C1. The van der Waals surface area contributed by atoms with E-state index in [1.54, 1.807) is 24.3 Å². The third kappa shape index (κ3) is 2.99. The van der Waals surface area contributed by atoms with Gasteiger partial charge in [0.25, 0.3) is 0 Å². The number of likely N-dealkylation sites (N-methyl/N-ethyl adjacent to an activating group) is 1. The first-order valence-electron chi connectivity index (χ1n) is 8.63. The van der Waals surface area contributed by atoms with E-state index in [0.717, 1.165) is 23.9 Å². The smallest absolute Gasteiger partial charge is 0.193 e. The molecule has 0 amide bonds. The summed E-state index contributed by atoms with van der Waals surface area (Å²) in [5.74, 6) is 0.0356. The summed E-state index contributed by atoms with van der Waals surface area (Å²) in [6.45, 7) is 0. The molecule has 1 unspecified atom stereocenters. The second-order valence-electron chi connectivity index (χ2n) is 7.04. The molecule has 1 atom stereocenters. The van der Waals surface area contributed by atoms with Gasteiger partial charge in [0.2, 0.25) is 0 Å². The van der Waals surface area contributed by atoms with Crippen molar-refractivity contribution >= 4 is 28.3 Å². The number of halogens is 1. The molecule has 1 aliphatic rings. The van der Waals surface area contributed by atoms with E-state index in [1.807, 2.05) is 18.2 Å². The molecule has 0 radical (unpaired) electrons. The molecule has 4 rings (SSSR count). The van der Waals surface area contributed by atoms with Gasteiger partial charge >= 0.3 is 0 Å². The van der Waals surface area contributed by atoms with Crippen LogP contribution in [0.3, 0.4) is 0 Å². The maximum Gasteiger partial charge on any atom is 0.193 e. The highest BCUT2D eigenvalue weighted by Crippen LogP contribution is 2.31. The van der Waals surface area contributed by atoms with Crippen molar-refractivity contribution in [2.75, 3.05) is 14.1 Å². The quantitative estimate of drug-likeness (QED) is 0.706. The molecule has 0 bridgehead atoms. The average Bonchev–Trinajstić information content (AvgIpc) is 2.98. The van der Waals surface area contributed by atoms with Crippen molar-refractivity contribution in [3.63, 3.8) is 0 Å². The van der Waals surface area contributed by atoms with Gasteiger partial charge in [-0.15, -0.1) is 0 Å². The first kappa shape index (κ1) is 16.4. The molecular weight excluding hydrogens is 332 g/mol. The summed E-state index contributed by atoms with van der Waals surface area (Å²) in [6, 6.07) is 13.6. The van der Waals surface area contributed by atoms with E-state index in [2.05, 4.69) is 24.0 Å². The first-order valence-corrected chi connectivity index (χ1v) is 9.01. The lowest BCUT2D eigenvalue weighted by Crippen LogP contribution is -2.33. The predicted octanol–water partition coefficient (Wildman–Crippen LogP) is 4.47. The van der Waals surface area contributed by atoms with E-state index in [-0.39, 0.29) is 5.78 Å². The maximum absolute atomic E-state index is 12.8. The second-order valence-corrected chi connectivity index (χ2v) is 7.48. The van der Waals surface area contributed by atoms with Crippen molar-refractivity contribution in [3.8, 4) is 0 Å². The van der Waals surface area contributed by atoms with Gasteiger partial charge in [0.15, 0.2) is 5.78 Å². The van der Waals surface area contributed by atoms with Crippen LogP contribution in [-0.2, 0) is 12.8 Å². The van der Waals surface area contributed by atoms with Crippen LogP contribution in [0.15, 0.2) is 42.5 Å². The number of ketones is 1. The molecule has 1 heterocycles. The van der Waals surface area contributed by atoms with Gasteiger partial charge in [0.1, 0.15) is 0 Å². The highest BCUT2D eigenvalue weighted by Gasteiger charge is 2.24. The maximum atomic E-state index is 12.8. The minimum absolute atomic E-state index is 0.0356. The second kappa shape index (κ2) is 6.32. The molecule has 2 aromatic carbocycles. The van der Waals surface area contributed by atoms with Crippen molar-refractivity contribution in [2.45, 2.75) is 25.3 Å². The Morgan fingerprint density at radius 3 is 2.56 bits per heavy atom. The molecule has 0 aliphatic heterocycles. The molecule has 0 saturated carbocycles. The summed E-state index contributed by atoms with van der Waals surface area (Å²) in [5.41, 5.74) is 5.20. The highest BCUT2D eigenvalue weighted by atomic mass is 35.5. The van der Waals surface area contributed by atoms with Crippen molar-refractivity contribution in [2.24, 2.45) is 0 Å². The molecule has 1 N–H and O–H groups in total. The number of aromatic amines is 1. The number of aromatic nitrogens is 1. The third-order valence-corrected chi connectivity index (χ3v) is 5.51. The van der Waals surface area contributed by atoms with Gasteiger partial charge in [-0.25, -0.2) is 0 Å². The number of carbonyl (C=O) groups excluding carboxylic acids is 1. The van der Waals surface area contributed by atoms with E-state index in [1.165, 1.54) is 23.1 Å². The van der Waals surface area contributed by atoms with Crippen LogP contribution in [-0.4, -0.2) is 35.8 Å². The van der Waals surface area contributed by atoms with Crippen LogP contribution in [0.2, 0.25) is 5.02 Å². The number of H-pyrrole nitrogens is 1. The molecule has 0 fully saturated rings. The first-order chi connectivity index (χ1) is 12.0. The topological polar surface area (TPSA) is 36.1 Å². The van der Waals surface area contributed by atoms with Crippen molar-refractivity contribution in [3.05, 3.63) is 69.9 Å². The van der Waals surface area contributed by atoms with Crippen LogP contribution in [0.25, 0.3) is 10.9 Å². The minimum Gasteiger partial charge on any atom is -0.358 e. The molecular formula is C21H21ClN2O. The van der Waals surface area contributed by atoms with Gasteiger partial charge in [-0.2, -0.15) is 0 Å². The summed E-state index contributed by atoms with van der Waals surface area (Å²) in [4.78, 5) is 18.6. The zero-order chi connectivity index (χ0) is 17.6. The van der Waals surface area contributed by atoms with Gasteiger partial charge in [-0.3, -0.25) is 4.79 Å². The Morgan fingerprint density at radius 2 is 1.84 bits per heavy atom. The Balaban J connectivity index is 1.74. The predicted molar refractivity (Wildman–Crippen MR) is 103 cm³/mol. The highest BCUT2D eigenvalue weighted by molar-refractivity contribution is 6.30. The monoisotopic (exact) mass is 352 g/mol. The van der Waals surface area contributed by atoms with E-state index >= 15 is 0 Å². The number of nitrogens with zero attached hydrogens (tertiary/aromatic N) is 1. The van der Waals surface area contributed by atoms with Crippen LogP contribution in [0.1, 0.15) is 33.6 Å². The molecule has 0 spiro atoms. The summed E-state index contributed by atoms with van der Waals surface area (Å²) in [7, 11) is 4.28. The zero-order valence-electron chi connectivity index (χ0n) is 14.5. The lowest BCUT2D eigenvalue weighted by molar-refractivity contribution is 0.103. The fourth-order valence-corrected chi connectivity index (χ4v) is 3.87. The van der Waals surface area contributed by atoms with Crippen molar-refractivity contribution in [1.82, 2.24) is 9.88 Å².